The second-order valence-corrected chi connectivity index (χ2v) is 4.67. The van der Waals surface area contributed by atoms with Crippen molar-refractivity contribution < 1.29 is 0 Å². The molecule has 0 spiro atoms. The lowest BCUT2D eigenvalue weighted by atomic mass is 10.1. The summed E-state index contributed by atoms with van der Waals surface area (Å²) in [5.41, 5.74) is 2.40. The highest BCUT2D eigenvalue weighted by Gasteiger charge is 2.17. The molecule has 0 saturated carbocycles. The van der Waals surface area contributed by atoms with Crippen LogP contribution in [0.25, 0.3) is 0 Å². The molecule has 0 amide bonds. The Bertz CT molecular complexity index is 515. The Balaban J connectivity index is 2.06. The first-order chi connectivity index (χ1) is 7.86. The Hall–Kier alpha value is -1.48. The number of aliphatic imine (C=N–C) groups is 1. The topological polar surface area (TPSA) is 15.6 Å². The molecule has 2 heterocycles. The smallest absolute Gasteiger partial charge is 0.133 e. The van der Waals surface area contributed by atoms with E-state index >= 15 is 0 Å². The zero-order valence-corrected chi connectivity index (χ0v) is 9.87. The molecule has 3 heteroatoms. The van der Waals surface area contributed by atoms with Gasteiger partial charge in [0.15, 0.2) is 0 Å². The second-order valence-electron chi connectivity index (χ2n) is 3.79. The molecular weight excluding hydrogens is 216 g/mol. The molecule has 0 N–H and O–H groups in total. The molecule has 80 valence electrons. The van der Waals surface area contributed by atoms with Crippen molar-refractivity contribution in [2.75, 3.05) is 6.26 Å². The van der Waals surface area contributed by atoms with Crippen LogP contribution in [0, 0.1) is 0 Å². The fourth-order valence-corrected chi connectivity index (χ4v) is 2.40. The Labute approximate surface area is 99.4 Å². The number of fused-ring (bicyclic) bond motifs is 2. The molecule has 3 rings (SSSR count). The minimum atomic E-state index is 0.920. The summed E-state index contributed by atoms with van der Waals surface area (Å²) < 4.78 is 0. The summed E-state index contributed by atoms with van der Waals surface area (Å²) in [6.07, 6.45) is 10.3. The Morgan fingerprint density at radius 1 is 1.31 bits per heavy atom. The van der Waals surface area contributed by atoms with Crippen molar-refractivity contribution in [2.24, 2.45) is 4.99 Å². The average Bonchev–Trinajstić information content (AvgIpc) is 2.35. The molecule has 2 aliphatic rings. The predicted molar refractivity (Wildman–Crippen MR) is 69.1 cm³/mol. The molecule has 0 aliphatic carbocycles. The number of allylic oxidation sites excluding steroid dienone is 2. The summed E-state index contributed by atoms with van der Waals surface area (Å²) in [7, 11) is 0. The molecule has 16 heavy (non-hydrogen) atoms. The molecule has 1 aromatic rings. The summed E-state index contributed by atoms with van der Waals surface area (Å²) in [5, 5.41) is 0. The molecule has 0 radical (unpaired) electrons. The van der Waals surface area contributed by atoms with Crippen LogP contribution in [-0.2, 0) is 6.54 Å². The Morgan fingerprint density at radius 3 is 3.12 bits per heavy atom. The maximum Gasteiger partial charge on any atom is 0.133 e. The van der Waals surface area contributed by atoms with E-state index in [1.54, 1.807) is 11.8 Å². The molecule has 0 saturated heterocycles. The minimum Gasteiger partial charge on any atom is -0.329 e. The van der Waals surface area contributed by atoms with E-state index in [9.17, 15) is 0 Å². The van der Waals surface area contributed by atoms with Gasteiger partial charge in [-0.2, -0.15) is 0 Å². The van der Waals surface area contributed by atoms with Crippen LogP contribution in [0.5, 0.6) is 0 Å². The number of hydrogen-bond donors (Lipinski definition) is 0. The Kier molecular flexibility index (Phi) is 2.33. The van der Waals surface area contributed by atoms with Crippen LogP contribution in [-0.4, -0.2) is 17.0 Å². The van der Waals surface area contributed by atoms with Crippen LogP contribution in [0.4, 0.5) is 5.69 Å². The second kappa shape index (κ2) is 3.83. The van der Waals surface area contributed by atoms with Crippen LogP contribution in [0.3, 0.4) is 0 Å². The van der Waals surface area contributed by atoms with Crippen LogP contribution >= 0.6 is 11.8 Å². The number of nitrogens with zero attached hydrogens (tertiary/aromatic N) is 2. The maximum atomic E-state index is 4.64. The van der Waals surface area contributed by atoms with Gasteiger partial charge in [-0.25, -0.2) is 4.99 Å². The third kappa shape index (κ3) is 1.57. The van der Waals surface area contributed by atoms with Crippen LogP contribution in [0.1, 0.15) is 5.56 Å². The van der Waals surface area contributed by atoms with Gasteiger partial charge in [-0.3, -0.25) is 0 Å². The van der Waals surface area contributed by atoms with Gasteiger partial charge in [0.1, 0.15) is 5.84 Å². The largest absolute Gasteiger partial charge is 0.329 e. The molecular formula is C13H12N2S. The quantitative estimate of drug-likeness (QED) is 0.685. The van der Waals surface area contributed by atoms with Gasteiger partial charge in [-0.15, -0.1) is 11.8 Å². The number of hydrogen-bond acceptors (Lipinski definition) is 3. The van der Waals surface area contributed by atoms with Crippen molar-refractivity contribution >= 4 is 23.3 Å². The van der Waals surface area contributed by atoms with Crippen LogP contribution in [0.15, 0.2) is 52.5 Å². The van der Waals surface area contributed by atoms with Gasteiger partial charge in [0.2, 0.25) is 0 Å². The number of amidine groups is 1. The lowest BCUT2D eigenvalue weighted by molar-refractivity contribution is 0.543. The standard InChI is InChI=1S/C13H12N2S/c1-16-11-5-6-12-10(8-11)9-15-7-3-2-4-13(15)14-12/h2-8H,9H2,1H3. The number of rotatable bonds is 1. The average molecular weight is 228 g/mol. The van der Waals surface area contributed by atoms with Crippen molar-refractivity contribution in [3.05, 3.63) is 48.2 Å². The van der Waals surface area contributed by atoms with Crippen molar-refractivity contribution in [2.45, 2.75) is 11.4 Å². The maximum absolute atomic E-state index is 4.64. The number of thioether (sulfide) groups is 1. The van der Waals surface area contributed by atoms with E-state index in [2.05, 4.69) is 40.5 Å². The highest BCUT2D eigenvalue weighted by Crippen LogP contribution is 2.30. The van der Waals surface area contributed by atoms with E-state index in [1.165, 1.54) is 10.5 Å². The van der Waals surface area contributed by atoms with Gasteiger partial charge < -0.3 is 4.90 Å². The highest BCUT2D eigenvalue weighted by molar-refractivity contribution is 7.98. The Morgan fingerprint density at radius 2 is 2.25 bits per heavy atom. The molecule has 0 fully saturated rings. The molecule has 0 unspecified atom stereocenters. The zero-order chi connectivity index (χ0) is 11.0. The SMILES string of the molecule is CSc1ccc2c(c1)CN1C=CC=CC1=N2. The summed E-state index contributed by atoms with van der Waals surface area (Å²) in [4.78, 5) is 8.11. The van der Waals surface area contributed by atoms with E-state index in [4.69, 9.17) is 0 Å². The molecule has 2 aliphatic heterocycles. The molecule has 0 bridgehead atoms. The van der Waals surface area contributed by atoms with Crippen LogP contribution in [0.2, 0.25) is 0 Å². The third-order valence-electron chi connectivity index (χ3n) is 2.78. The monoisotopic (exact) mass is 228 g/mol. The van der Waals surface area contributed by atoms with Crippen molar-refractivity contribution in [1.29, 1.82) is 0 Å². The van der Waals surface area contributed by atoms with Crippen molar-refractivity contribution in [3.8, 4) is 0 Å². The van der Waals surface area contributed by atoms with Gasteiger partial charge in [0, 0.05) is 11.1 Å². The zero-order valence-electron chi connectivity index (χ0n) is 9.05. The normalized spacial score (nSPS) is 16.8. The first kappa shape index (κ1) is 9.73. The molecule has 0 aromatic heterocycles. The summed E-state index contributed by atoms with van der Waals surface area (Å²) in [6.45, 7) is 0.920. The third-order valence-corrected chi connectivity index (χ3v) is 3.50. The molecule has 0 atom stereocenters. The van der Waals surface area contributed by atoms with Gasteiger partial charge in [0.25, 0.3) is 0 Å². The van der Waals surface area contributed by atoms with Gasteiger partial charge in [-0.1, -0.05) is 6.08 Å². The highest BCUT2D eigenvalue weighted by atomic mass is 32.2. The predicted octanol–water partition coefficient (Wildman–Crippen LogP) is 3.34. The van der Waals surface area contributed by atoms with E-state index < -0.39 is 0 Å². The van der Waals surface area contributed by atoms with Gasteiger partial charge in [-0.05, 0) is 42.2 Å². The lowest BCUT2D eigenvalue weighted by Gasteiger charge is -2.27. The van der Waals surface area contributed by atoms with E-state index in [0.717, 1.165) is 18.1 Å². The summed E-state index contributed by atoms with van der Waals surface area (Å²) in [6, 6.07) is 6.47. The fraction of sp³-hybridized carbons (Fsp3) is 0.154. The van der Waals surface area contributed by atoms with E-state index in [0.29, 0.717) is 0 Å². The minimum absolute atomic E-state index is 0.920. The van der Waals surface area contributed by atoms with Crippen LogP contribution < -0.4 is 0 Å². The first-order valence-corrected chi connectivity index (χ1v) is 6.46. The first-order valence-electron chi connectivity index (χ1n) is 5.24. The summed E-state index contributed by atoms with van der Waals surface area (Å²) >= 11 is 1.77. The van der Waals surface area contributed by atoms with Gasteiger partial charge in [0.05, 0.1) is 12.2 Å². The molecule has 2 nitrogen and oxygen atoms in total. The fourth-order valence-electron chi connectivity index (χ4n) is 1.93. The molecule has 1 aromatic carbocycles. The lowest BCUT2D eigenvalue weighted by Crippen LogP contribution is -2.27. The van der Waals surface area contributed by atoms with E-state index in [-0.39, 0.29) is 0 Å². The van der Waals surface area contributed by atoms with E-state index in [1.807, 2.05) is 18.2 Å². The number of benzene rings is 1. The summed E-state index contributed by atoms with van der Waals surface area (Å²) in [5.74, 6) is 1.03. The van der Waals surface area contributed by atoms with Gasteiger partial charge >= 0.3 is 0 Å². The van der Waals surface area contributed by atoms with Crippen molar-refractivity contribution in [1.82, 2.24) is 4.90 Å². The van der Waals surface area contributed by atoms with Crippen molar-refractivity contribution in [3.63, 3.8) is 0 Å².